The molecule has 0 amide bonds. The maximum absolute atomic E-state index is 6.00. The van der Waals surface area contributed by atoms with Crippen molar-refractivity contribution in [2.45, 2.75) is 13.0 Å². The third-order valence-corrected chi connectivity index (χ3v) is 4.91. The third kappa shape index (κ3) is 2.52. The molecule has 0 bridgehead atoms. The zero-order chi connectivity index (χ0) is 13.4. The van der Waals surface area contributed by atoms with Gasteiger partial charge in [-0.05, 0) is 50.1 Å². The van der Waals surface area contributed by atoms with E-state index in [4.69, 9.17) is 10.5 Å². The molecule has 0 saturated heterocycles. The average molecular weight is 385 g/mol. The lowest BCUT2D eigenvalue weighted by Gasteiger charge is -2.17. The molecular weight excluding hydrogens is 374 g/mol. The fourth-order valence-electron chi connectivity index (χ4n) is 2.02. The van der Waals surface area contributed by atoms with Gasteiger partial charge >= 0.3 is 0 Å². The van der Waals surface area contributed by atoms with Gasteiger partial charge in [-0.15, -0.1) is 0 Å². The van der Waals surface area contributed by atoms with Crippen LogP contribution in [0.15, 0.2) is 27.1 Å². The van der Waals surface area contributed by atoms with Gasteiger partial charge in [-0.1, -0.05) is 0 Å². The lowest BCUT2D eigenvalue weighted by Crippen LogP contribution is -2.16. The number of benzene rings is 1. The Balaban J connectivity index is 2.10. The molecule has 0 fully saturated rings. The van der Waals surface area contributed by atoms with Crippen LogP contribution in [0.25, 0.3) is 11.4 Å². The number of nitrogen functional groups attached to an aromatic ring is 1. The van der Waals surface area contributed by atoms with Gasteiger partial charge in [-0.2, -0.15) is 0 Å². The number of anilines is 1. The zero-order valence-electron chi connectivity index (χ0n) is 9.99. The second-order valence-electron chi connectivity index (χ2n) is 4.29. The maximum atomic E-state index is 6.00. The quantitative estimate of drug-likeness (QED) is 0.819. The predicted molar refractivity (Wildman–Crippen MR) is 80.6 cm³/mol. The molecule has 2 heterocycles. The highest BCUT2D eigenvalue weighted by atomic mass is 79.9. The Morgan fingerprint density at radius 3 is 2.79 bits per heavy atom. The van der Waals surface area contributed by atoms with E-state index in [0.717, 1.165) is 32.2 Å². The highest BCUT2D eigenvalue weighted by Gasteiger charge is 2.17. The van der Waals surface area contributed by atoms with E-state index < -0.39 is 0 Å². The van der Waals surface area contributed by atoms with Crippen molar-refractivity contribution in [3.8, 4) is 11.4 Å². The first-order valence-electron chi connectivity index (χ1n) is 5.83. The van der Waals surface area contributed by atoms with Crippen molar-refractivity contribution < 1.29 is 4.74 Å². The summed E-state index contributed by atoms with van der Waals surface area (Å²) in [5.74, 6) is 1.17. The lowest BCUT2D eigenvalue weighted by molar-refractivity contribution is 0.109. The Hall–Kier alpha value is -0.980. The number of nitrogens with two attached hydrogens (primary N) is 1. The molecular formula is C13H11Br2N3O. The number of fused-ring (bicyclic) bond motifs is 1. The molecule has 6 heteroatoms. The summed E-state index contributed by atoms with van der Waals surface area (Å²) in [6.07, 6.45) is 0.784. The monoisotopic (exact) mass is 383 g/mol. The van der Waals surface area contributed by atoms with Crippen LogP contribution in [0, 0.1) is 0 Å². The van der Waals surface area contributed by atoms with Crippen molar-refractivity contribution in [2.75, 3.05) is 12.3 Å². The number of nitrogens with zero attached hydrogens (tertiary/aromatic N) is 2. The minimum Gasteiger partial charge on any atom is -0.383 e. The Labute approximate surface area is 127 Å². The summed E-state index contributed by atoms with van der Waals surface area (Å²) in [4.78, 5) is 8.99. The molecule has 0 spiro atoms. The first-order valence-corrected chi connectivity index (χ1v) is 7.42. The summed E-state index contributed by atoms with van der Waals surface area (Å²) in [7, 11) is 0. The Morgan fingerprint density at radius 2 is 2.00 bits per heavy atom. The van der Waals surface area contributed by atoms with Crippen LogP contribution in [0.5, 0.6) is 0 Å². The SMILES string of the molecule is Nc1nc(-c2ccc(Br)c(Br)c2)nc2c1COCC2. The normalized spacial score (nSPS) is 14.2. The Kier molecular flexibility index (Phi) is 3.56. The van der Waals surface area contributed by atoms with Gasteiger partial charge in [0.05, 0.1) is 18.9 Å². The molecule has 19 heavy (non-hydrogen) atoms. The van der Waals surface area contributed by atoms with Crippen molar-refractivity contribution in [1.82, 2.24) is 9.97 Å². The van der Waals surface area contributed by atoms with E-state index in [0.29, 0.717) is 24.9 Å². The van der Waals surface area contributed by atoms with Crippen molar-refractivity contribution in [1.29, 1.82) is 0 Å². The standard InChI is InChI=1S/C13H11Br2N3O/c14-9-2-1-7(5-10(9)15)13-17-11-3-4-19-6-8(11)12(16)18-13/h1-2,5H,3-4,6H2,(H2,16,17,18). The Bertz CT molecular complexity index is 646. The summed E-state index contributed by atoms with van der Waals surface area (Å²) in [5.41, 5.74) is 8.85. The molecule has 3 rings (SSSR count). The second kappa shape index (κ2) is 5.19. The highest BCUT2D eigenvalue weighted by molar-refractivity contribution is 9.13. The molecule has 0 atom stereocenters. The molecule has 0 radical (unpaired) electrons. The first-order chi connectivity index (χ1) is 9.15. The van der Waals surface area contributed by atoms with Gasteiger partial charge in [0, 0.05) is 26.5 Å². The molecule has 4 nitrogen and oxygen atoms in total. The van der Waals surface area contributed by atoms with Gasteiger partial charge in [-0.3, -0.25) is 0 Å². The summed E-state index contributed by atoms with van der Waals surface area (Å²) in [5, 5.41) is 0. The first kappa shape index (κ1) is 13.0. The van der Waals surface area contributed by atoms with Gasteiger partial charge in [-0.25, -0.2) is 9.97 Å². The van der Waals surface area contributed by atoms with Crippen LogP contribution < -0.4 is 5.73 Å². The topological polar surface area (TPSA) is 61.0 Å². The van der Waals surface area contributed by atoms with E-state index in [1.165, 1.54) is 0 Å². The smallest absolute Gasteiger partial charge is 0.161 e. The van der Waals surface area contributed by atoms with E-state index in [2.05, 4.69) is 41.8 Å². The van der Waals surface area contributed by atoms with Crippen molar-refractivity contribution >= 4 is 37.7 Å². The van der Waals surface area contributed by atoms with Crippen molar-refractivity contribution in [2.24, 2.45) is 0 Å². The number of halogens is 2. The molecule has 1 aliphatic rings. The lowest BCUT2D eigenvalue weighted by atomic mass is 10.1. The summed E-state index contributed by atoms with van der Waals surface area (Å²) >= 11 is 6.93. The number of aromatic nitrogens is 2. The van der Waals surface area contributed by atoms with E-state index in [1.807, 2.05) is 18.2 Å². The number of hydrogen-bond acceptors (Lipinski definition) is 4. The van der Waals surface area contributed by atoms with E-state index in [1.54, 1.807) is 0 Å². The molecule has 1 aromatic carbocycles. The molecule has 2 aromatic rings. The van der Waals surface area contributed by atoms with Gasteiger partial charge in [0.1, 0.15) is 5.82 Å². The van der Waals surface area contributed by atoms with E-state index in [9.17, 15) is 0 Å². The van der Waals surface area contributed by atoms with Crippen molar-refractivity contribution in [3.05, 3.63) is 38.4 Å². The van der Waals surface area contributed by atoms with Crippen LogP contribution in [0.2, 0.25) is 0 Å². The largest absolute Gasteiger partial charge is 0.383 e. The minimum absolute atomic E-state index is 0.505. The molecule has 1 aliphatic heterocycles. The molecule has 98 valence electrons. The zero-order valence-corrected chi connectivity index (χ0v) is 13.2. The molecule has 0 saturated carbocycles. The maximum Gasteiger partial charge on any atom is 0.161 e. The van der Waals surface area contributed by atoms with Crippen LogP contribution in [0.3, 0.4) is 0 Å². The molecule has 0 aliphatic carbocycles. The fourth-order valence-corrected chi connectivity index (χ4v) is 2.65. The molecule has 0 unspecified atom stereocenters. The summed E-state index contributed by atoms with van der Waals surface area (Å²) < 4.78 is 7.35. The van der Waals surface area contributed by atoms with Gasteiger partial charge in [0.25, 0.3) is 0 Å². The van der Waals surface area contributed by atoms with Gasteiger partial charge in [0.2, 0.25) is 0 Å². The predicted octanol–water partition coefficient (Wildman–Crippen LogP) is 3.32. The van der Waals surface area contributed by atoms with Crippen LogP contribution in [0.1, 0.15) is 11.3 Å². The summed E-state index contributed by atoms with van der Waals surface area (Å²) in [6.45, 7) is 1.19. The van der Waals surface area contributed by atoms with Crippen molar-refractivity contribution in [3.63, 3.8) is 0 Å². The van der Waals surface area contributed by atoms with Crippen LogP contribution in [-0.4, -0.2) is 16.6 Å². The number of ether oxygens (including phenoxy) is 1. The van der Waals surface area contributed by atoms with Crippen LogP contribution >= 0.6 is 31.9 Å². The van der Waals surface area contributed by atoms with E-state index >= 15 is 0 Å². The Morgan fingerprint density at radius 1 is 1.16 bits per heavy atom. The fraction of sp³-hybridized carbons (Fsp3) is 0.231. The average Bonchev–Trinajstić information content (AvgIpc) is 2.42. The van der Waals surface area contributed by atoms with Gasteiger partial charge in [0.15, 0.2) is 5.82 Å². The summed E-state index contributed by atoms with van der Waals surface area (Å²) in [6, 6.07) is 5.90. The highest BCUT2D eigenvalue weighted by Crippen LogP contribution is 2.29. The molecule has 2 N–H and O–H groups in total. The third-order valence-electron chi connectivity index (χ3n) is 3.03. The van der Waals surface area contributed by atoms with Gasteiger partial charge < -0.3 is 10.5 Å². The number of rotatable bonds is 1. The van der Waals surface area contributed by atoms with Crippen LogP contribution in [0.4, 0.5) is 5.82 Å². The second-order valence-corrected chi connectivity index (χ2v) is 6.00. The number of hydrogen-bond donors (Lipinski definition) is 1. The van der Waals surface area contributed by atoms with Crippen LogP contribution in [-0.2, 0) is 17.8 Å². The minimum atomic E-state index is 0.505. The van der Waals surface area contributed by atoms with E-state index in [-0.39, 0.29) is 0 Å². The molecule has 1 aromatic heterocycles.